The molecule has 6 nitrogen and oxygen atoms in total. The molecular formula is C22H19Cl2F3N2O4. The molecule has 2 aromatic rings. The number of hydrogen-bond acceptors (Lipinski definition) is 5. The summed E-state index contributed by atoms with van der Waals surface area (Å²) in [4.78, 5) is 19.0. The van der Waals surface area contributed by atoms with Crippen LogP contribution in [0.1, 0.15) is 40.7 Å². The van der Waals surface area contributed by atoms with Gasteiger partial charge in [-0.25, -0.2) is 4.79 Å². The summed E-state index contributed by atoms with van der Waals surface area (Å²) in [5.74, 6) is -1.59. The number of benzene rings is 2. The first-order chi connectivity index (χ1) is 15.5. The molecule has 11 heteroatoms. The van der Waals surface area contributed by atoms with E-state index in [0.717, 1.165) is 11.3 Å². The number of ether oxygens (including phenoxy) is 1. The second-order valence-corrected chi connectivity index (χ2v) is 8.90. The monoisotopic (exact) mass is 502 g/mol. The largest absolute Gasteiger partial charge is 0.573 e. The summed E-state index contributed by atoms with van der Waals surface area (Å²) in [6, 6.07) is 9.36. The number of rotatable bonds is 5. The fourth-order valence-corrected chi connectivity index (χ4v) is 4.65. The summed E-state index contributed by atoms with van der Waals surface area (Å²) in [5.41, 5.74) is 2.07. The van der Waals surface area contributed by atoms with Crippen LogP contribution in [0.15, 0.2) is 41.6 Å². The Bertz CT molecular complexity index is 1060. The molecule has 1 saturated heterocycles. The molecule has 0 atom stereocenters. The summed E-state index contributed by atoms with van der Waals surface area (Å²) < 4.78 is 41.4. The third kappa shape index (κ3) is 5.54. The molecule has 0 bridgehead atoms. The number of oxime groups is 1. The van der Waals surface area contributed by atoms with Crippen LogP contribution in [0.2, 0.25) is 10.0 Å². The maximum atomic E-state index is 12.5. The van der Waals surface area contributed by atoms with Crippen LogP contribution in [0.3, 0.4) is 0 Å². The van der Waals surface area contributed by atoms with Crippen LogP contribution in [0.5, 0.6) is 5.75 Å². The summed E-state index contributed by atoms with van der Waals surface area (Å²) in [5, 5.41) is 12.9. The SMILES string of the molecule is O=C(O)c1ccc(C2=NOC3(CCN(Cc4cc(Cl)c(OC(F)(F)F)c(Cl)c4)CC3)C2)cc1. The third-order valence-corrected chi connectivity index (χ3v) is 6.32. The second kappa shape index (κ2) is 9.04. The van der Waals surface area contributed by atoms with E-state index in [9.17, 15) is 18.0 Å². The Labute approximate surface area is 197 Å². The van der Waals surface area contributed by atoms with E-state index in [1.807, 2.05) is 0 Å². The normalized spacial score (nSPS) is 18.2. The first kappa shape index (κ1) is 23.7. The third-order valence-electron chi connectivity index (χ3n) is 5.75. The zero-order chi connectivity index (χ0) is 23.8. The lowest BCUT2D eigenvalue weighted by Crippen LogP contribution is -2.44. The van der Waals surface area contributed by atoms with Crippen molar-refractivity contribution in [1.82, 2.24) is 4.90 Å². The number of carbonyl (C=O) groups is 1. The molecule has 33 heavy (non-hydrogen) atoms. The lowest BCUT2D eigenvalue weighted by atomic mass is 9.85. The Morgan fingerprint density at radius 3 is 2.30 bits per heavy atom. The van der Waals surface area contributed by atoms with Gasteiger partial charge in [-0.1, -0.05) is 40.5 Å². The van der Waals surface area contributed by atoms with Gasteiger partial charge in [-0.3, -0.25) is 4.90 Å². The topological polar surface area (TPSA) is 71.4 Å². The molecule has 2 aromatic carbocycles. The Morgan fingerprint density at radius 2 is 1.76 bits per heavy atom. The van der Waals surface area contributed by atoms with E-state index >= 15 is 0 Å². The number of hydrogen-bond donors (Lipinski definition) is 1. The minimum absolute atomic E-state index is 0.200. The van der Waals surface area contributed by atoms with Crippen molar-refractivity contribution in [2.75, 3.05) is 13.1 Å². The number of halogens is 5. The molecular weight excluding hydrogens is 484 g/mol. The molecule has 1 N–H and O–H groups in total. The maximum absolute atomic E-state index is 12.5. The van der Waals surface area contributed by atoms with Crippen LogP contribution >= 0.6 is 23.2 Å². The van der Waals surface area contributed by atoms with Gasteiger partial charge in [-0.15, -0.1) is 13.2 Å². The smallest absolute Gasteiger partial charge is 0.478 e. The number of alkyl halides is 3. The first-order valence-corrected chi connectivity index (χ1v) is 10.8. The molecule has 4 rings (SSSR count). The lowest BCUT2D eigenvalue weighted by Gasteiger charge is -2.37. The zero-order valence-electron chi connectivity index (χ0n) is 17.2. The van der Waals surface area contributed by atoms with E-state index in [2.05, 4.69) is 14.8 Å². The molecule has 0 aromatic heterocycles. The molecule has 2 aliphatic rings. The average molecular weight is 503 g/mol. The van der Waals surface area contributed by atoms with Gasteiger partial charge in [0.05, 0.1) is 21.3 Å². The number of carboxylic acid groups (broad SMARTS) is 1. The molecule has 0 amide bonds. The van der Waals surface area contributed by atoms with Crippen LogP contribution in [-0.2, 0) is 11.4 Å². The molecule has 0 saturated carbocycles. The summed E-state index contributed by atoms with van der Waals surface area (Å²) in [6.45, 7) is 1.85. The number of nitrogens with zero attached hydrogens (tertiary/aromatic N) is 2. The molecule has 2 heterocycles. The average Bonchev–Trinajstić information content (AvgIpc) is 3.16. The van der Waals surface area contributed by atoms with E-state index < -0.39 is 23.7 Å². The lowest BCUT2D eigenvalue weighted by molar-refractivity contribution is -0.274. The van der Waals surface area contributed by atoms with E-state index in [0.29, 0.717) is 44.5 Å². The summed E-state index contributed by atoms with van der Waals surface area (Å²) in [6.07, 6.45) is -2.83. The van der Waals surface area contributed by atoms with Crippen molar-refractivity contribution in [2.24, 2.45) is 5.16 Å². The Hall–Kier alpha value is -2.49. The van der Waals surface area contributed by atoms with Gasteiger partial charge in [0.15, 0.2) is 5.75 Å². The van der Waals surface area contributed by atoms with Gasteiger partial charge < -0.3 is 14.7 Å². The summed E-state index contributed by atoms with van der Waals surface area (Å²) in [7, 11) is 0. The highest BCUT2D eigenvalue weighted by molar-refractivity contribution is 6.37. The maximum Gasteiger partial charge on any atom is 0.573 e. The molecule has 0 unspecified atom stereocenters. The highest BCUT2D eigenvalue weighted by Crippen LogP contribution is 2.39. The number of piperidine rings is 1. The highest BCUT2D eigenvalue weighted by Gasteiger charge is 2.42. The van der Waals surface area contributed by atoms with Crippen molar-refractivity contribution >= 4 is 34.9 Å². The highest BCUT2D eigenvalue weighted by atomic mass is 35.5. The van der Waals surface area contributed by atoms with Crippen molar-refractivity contribution in [3.05, 3.63) is 63.1 Å². The van der Waals surface area contributed by atoms with Gasteiger partial charge in [0, 0.05) is 38.9 Å². The number of likely N-dealkylation sites (tertiary alicyclic amines) is 1. The van der Waals surface area contributed by atoms with Gasteiger partial charge >= 0.3 is 12.3 Å². The van der Waals surface area contributed by atoms with Crippen LogP contribution < -0.4 is 4.74 Å². The van der Waals surface area contributed by atoms with Crippen molar-refractivity contribution in [3.8, 4) is 5.75 Å². The van der Waals surface area contributed by atoms with Gasteiger partial charge in [0.1, 0.15) is 5.60 Å². The van der Waals surface area contributed by atoms with Crippen LogP contribution in [0, 0.1) is 0 Å². The first-order valence-electron chi connectivity index (χ1n) is 10.1. The van der Waals surface area contributed by atoms with Crippen molar-refractivity contribution in [3.63, 3.8) is 0 Å². The fourth-order valence-electron chi connectivity index (χ4n) is 4.04. The van der Waals surface area contributed by atoms with E-state index in [1.54, 1.807) is 12.1 Å². The van der Waals surface area contributed by atoms with Crippen LogP contribution in [-0.4, -0.2) is 46.7 Å². The standard InChI is InChI=1S/C22H19Cl2F3N2O4/c23-16-9-13(10-17(24)19(16)32-22(25,26)27)12-29-7-5-21(6-8-29)11-18(28-33-21)14-1-3-15(4-2-14)20(30)31/h1-4,9-10H,5-8,11-12H2,(H,30,31). The molecule has 0 radical (unpaired) electrons. The fraction of sp³-hybridized carbons (Fsp3) is 0.364. The van der Waals surface area contributed by atoms with Crippen molar-refractivity contribution in [1.29, 1.82) is 0 Å². The minimum atomic E-state index is -4.88. The van der Waals surface area contributed by atoms with Gasteiger partial charge in [-0.2, -0.15) is 0 Å². The van der Waals surface area contributed by atoms with Gasteiger partial charge in [-0.05, 0) is 35.4 Å². The summed E-state index contributed by atoms with van der Waals surface area (Å²) >= 11 is 11.9. The molecule has 1 fully saturated rings. The number of carboxylic acids is 1. The Balaban J connectivity index is 1.35. The van der Waals surface area contributed by atoms with Crippen molar-refractivity contribution in [2.45, 2.75) is 37.8 Å². The Morgan fingerprint density at radius 1 is 1.15 bits per heavy atom. The van der Waals surface area contributed by atoms with Crippen molar-refractivity contribution < 1.29 is 32.6 Å². The van der Waals surface area contributed by atoms with Crippen LogP contribution in [0.4, 0.5) is 13.2 Å². The molecule has 176 valence electrons. The van der Waals surface area contributed by atoms with Crippen LogP contribution in [0.25, 0.3) is 0 Å². The quantitative estimate of drug-likeness (QED) is 0.563. The van der Waals surface area contributed by atoms with E-state index in [1.165, 1.54) is 24.3 Å². The predicted octanol–water partition coefficient (Wildman–Crippen LogP) is 5.75. The molecule has 2 aliphatic heterocycles. The van der Waals surface area contributed by atoms with Gasteiger partial charge in [0.25, 0.3) is 0 Å². The van der Waals surface area contributed by atoms with E-state index in [-0.39, 0.29) is 15.6 Å². The van der Waals surface area contributed by atoms with E-state index in [4.69, 9.17) is 33.1 Å². The molecule has 0 aliphatic carbocycles. The van der Waals surface area contributed by atoms with Gasteiger partial charge in [0.2, 0.25) is 0 Å². The minimum Gasteiger partial charge on any atom is -0.478 e. The molecule has 1 spiro atoms. The number of aromatic carboxylic acids is 1. The zero-order valence-corrected chi connectivity index (χ0v) is 18.7. The Kier molecular flexibility index (Phi) is 6.48. The second-order valence-electron chi connectivity index (χ2n) is 8.08. The predicted molar refractivity (Wildman–Crippen MR) is 116 cm³/mol.